The Morgan fingerprint density at radius 3 is 2.70 bits per heavy atom. The molecule has 172 valence electrons. The molecule has 0 aliphatic carbocycles. The standard InChI is InChI=1S/C24H23ClFN3O3S/c25-18-6-4-8-21(14-18)33(30,31)29-20-7-3-5-17(13-20)16-27-12-2-1-9-23-22-11-10-19(26)15-24(22)32-28-23/h3-8,10-11,13-15,27,29H,1-2,9,12,16H2. The van der Waals surface area contributed by atoms with E-state index >= 15 is 0 Å². The zero-order chi connectivity index (χ0) is 23.3. The molecular weight excluding hydrogens is 465 g/mol. The summed E-state index contributed by atoms with van der Waals surface area (Å²) >= 11 is 5.91. The van der Waals surface area contributed by atoms with Crippen LogP contribution >= 0.6 is 11.6 Å². The summed E-state index contributed by atoms with van der Waals surface area (Å²) in [6.45, 7) is 1.40. The molecule has 0 saturated heterocycles. The van der Waals surface area contributed by atoms with Crippen LogP contribution in [0.1, 0.15) is 24.1 Å². The van der Waals surface area contributed by atoms with Gasteiger partial charge in [-0.3, -0.25) is 4.72 Å². The van der Waals surface area contributed by atoms with Gasteiger partial charge in [0.1, 0.15) is 5.82 Å². The molecule has 6 nitrogen and oxygen atoms in total. The maximum Gasteiger partial charge on any atom is 0.261 e. The lowest BCUT2D eigenvalue weighted by atomic mass is 10.1. The van der Waals surface area contributed by atoms with Gasteiger partial charge in [0.25, 0.3) is 10.0 Å². The van der Waals surface area contributed by atoms with Crippen LogP contribution in [-0.4, -0.2) is 20.1 Å². The second kappa shape index (κ2) is 10.3. The lowest BCUT2D eigenvalue weighted by Crippen LogP contribution is -2.16. The van der Waals surface area contributed by atoms with E-state index in [1.807, 2.05) is 12.1 Å². The van der Waals surface area contributed by atoms with Gasteiger partial charge in [-0.2, -0.15) is 0 Å². The van der Waals surface area contributed by atoms with Crippen molar-refractivity contribution < 1.29 is 17.3 Å². The van der Waals surface area contributed by atoms with Crippen molar-refractivity contribution in [3.8, 4) is 0 Å². The minimum atomic E-state index is -3.71. The molecule has 4 aromatic rings. The number of halogens is 2. The van der Waals surface area contributed by atoms with Crippen LogP contribution < -0.4 is 10.0 Å². The first-order valence-corrected chi connectivity index (χ1v) is 12.4. The first-order valence-electron chi connectivity index (χ1n) is 10.5. The van der Waals surface area contributed by atoms with Crippen molar-refractivity contribution in [2.45, 2.75) is 30.7 Å². The lowest BCUT2D eigenvalue weighted by molar-refractivity contribution is 0.442. The molecule has 0 fully saturated rings. The highest BCUT2D eigenvalue weighted by Gasteiger charge is 2.14. The number of rotatable bonds is 10. The van der Waals surface area contributed by atoms with Crippen LogP contribution in [0.25, 0.3) is 11.0 Å². The predicted molar refractivity (Wildman–Crippen MR) is 127 cm³/mol. The summed E-state index contributed by atoms with van der Waals surface area (Å²) in [5.74, 6) is -0.337. The number of hydrogen-bond acceptors (Lipinski definition) is 5. The highest BCUT2D eigenvalue weighted by molar-refractivity contribution is 7.92. The molecule has 0 amide bonds. The topological polar surface area (TPSA) is 84.2 Å². The number of benzene rings is 3. The number of aryl methyl sites for hydroxylation is 1. The van der Waals surface area contributed by atoms with Crippen LogP contribution in [0.3, 0.4) is 0 Å². The van der Waals surface area contributed by atoms with E-state index in [0.717, 1.165) is 42.5 Å². The van der Waals surface area contributed by atoms with Crippen molar-refractivity contribution in [2.75, 3.05) is 11.3 Å². The summed E-state index contributed by atoms with van der Waals surface area (Å²) in [4.78, 5) is 0.114. The minimum absolute atomic E-state index is 0.114. The van der Waals surface area contributed by atoms with E-state index in [9.17, 15) is 12.8 Å². The molecular formula is C24H23ClFN3O3S. The molecule has 0 aliphatic rings. The molecule has 0 saturated carbocycles. The van der Waals surface area contributed by atoms with Crippen molar-refractivity contribution in [1.82, 2.24) is 10.5 Å². The fraction of sp³-hybridized carbons (Fsp3) is 0.208. The third-order valence-electron chi connectivity index (χ3n) is 5.14. The molecule has 2 N–H and O–H groups in total. The van der Waals surface area contributed by atoms with Gasteiger partial charge in [0, 0.05) is 28.7 Å². The van der Waals surface area contributed by atoms with Crippen molar-refractivity contribution >= 4 is 38.3 Å². The highest BCUT2D eigenvalue weighted by atomic mass is 35.5. The molecule has 9 heteroatoms. The molecule has 3 aromatic carbocycles. The predicted octanol–water partition coefficient (Wildman–Crippen LogP) is 5.53. The Labute approximate surface area is 196 Å². The summed E-state index contributed by atoms with van der Waals surface area (Å²) < 4.78 is 46.2. The Hall–Kier alpha value is -2.94. The average molecular weight is 488 g/mol. The Kier molecular flexibility index (Phi) is 7.27. The van der Waals surface area contributed by atoms with Gasteiger partial charge >= 0.3 is 0 Å². The summed E-state index contributed by atoms with van der Waals surface area (Å²) in [7, 11) is -3.71. The number of anilines is 1. The van der Waals surface area contributed by atoms with Gasteiger partial charge < -0.3 is 9.84 Å². The molecule has 4 rings (SSSR count). The number of nitrogens with one attached hydrogen (secondary N) is 2. The molecule has 0 aliphatic heterocycles. The smallest absolute Gasteiger partial charge is 0.261 e. The highest BCUT2D eigenvalue weighted by Crippen LogP contribution is 2.21. The second-order valence-electron chi connectivity index (χ2n) is 7.67. The number of nitrogens with zero attached hydrogens (tertiary/aromatic N) is 1. The van der Waals surface area contributed by atoms with Crippen LogP contribution in [0.2, 0.25) is 5.02 Å². The molecule has 0 bridgehead atoms. The Morgan fingerprint density at radius 2 is 1.85 bits per heavy atom. The minimum Gasteiger partial charge on any atom is -0.356 e. The van der Waals surface area contributed by atoms with E-state index in [2.05, 4.69) is 15.2 Å². The third kappa shape index (κ3) is 6.10. The second-order valence-corrected chi connectivity index (χ2v) is 9.79. The lowest BCUT2D eigenvalue weighted by Gasteiger charge is -2.10. The van der Waals surface area contributed by atoms with Gasteiger partial charge in [0.15, 0.2) is 5.58 Å². The number of unbranched alkanes of at least 4 members (excludes halogenated alkanes) is 1. The van der Waals surface area contributed by atoms with Gasteiger partial charge in [-0.25, -0.2) is 12.8 Å². The zero-order valence-electron chi connectivity index (χ0n) is 17.7. The zero-order valence-corrected chi connectivity index (χ0v) is 19.3. The fourth-order valence-electron chi connectivity index (χ4n) is 3.51. The first kappa shape index (κ1) is 23.2. The van der Waals surface area contributed by atoms with Crippen molar-refractivity contribution in [3.63, 3.8) is 0 Å². The molecule has 0 radical (unpaired) electrons. The largest absolute Gasteiger partial charge is 0.356 e. The average Bonchev–Trinajstić information content (AvgIpc) is 3.18. The molecule has 33 heavy (non-hydrogen) atoms. The number of fused-ring (bicyclic) bond motifs is 1. The Bertz CT molecular complexity index is 1360. The monoisotopic (exact) mass is 487 g/mol. The summed E-state index contributed by atoms with van der Waals surface area (Å²) in [6, 6.07) is 17.8. The van der Waals surface area contributed by atoms with Crippen LogP contribution in [0.4, 0.5) is 10.1 Å². The van der Waals surface area contributed by atoms with Crippen LogP contribution in [0.5, 0.6) is 0 Å². The Balaban J connectivity index is 1.24. The van der Waals surface area contributed by atoms with E-state index < -0.39 is 10.0 Å². The molecule has 1 aromatic heterocycles. The van der Waals surface area contributed by atoms with Gasteiger partial charge in [-0.05, 0) is 73.8 Å². The van der Waals surface area contributed by atoms with Crippen molar-refractivity contribution in [3.05, 3.63) is 88.8 Å². The van der Waals surface area contributed by atoms with Crippen molar-refractivity contribution in [1.29, 1.82) is 0 Å². The number of hydrogen-bond donors (Lipinski definition) is 2. The van der Waals surface area contributed by atoms with Crippen LogP contribution in [-0.2, 0) is 23.0 Å². The molecule has 0 spiro atoms. The number of sulfonamides is 1. The quantitative estimate of drug-likeness (QED) is 0.287. The van der Waals surface area contributed by atoms with Crippen molar-refractivity contribution in [2.24, 2.45) is 0 Å². The SMILES string of the molecule is O=S(=O)(Nc1cccc(CNCCCCc2noc3cc(F)ccc23)c1)c1cccc(Cl)c1. The van der Waals surface area contributed by atoms with E-state index in [4.69, 9.17) is 16.1 Å². The van der Waals surface area contributed by atoms with Crippen LogP contribution in [0, 0.1) is 5.82 Å². The van der Waals surface area contributed by atoms with E-state index in [1.165, 1.54) is 24.3 Å². The van der Waals surface area contributed by atoms with E-state index in [1.54, 1.807) is 30.3 Å². The normalized spacial score (nSPS) is 11.7. The molecule has 1 heterocycles. The molecule has 0 atom stereocenters. The van der Waals surface area contributed by atoms with E-state index in [-0.39, 0.29) is 10.7 Å². The summed E-state index contributed by atoms with van der Waals surface area (Å²) in [5.41, 5.74) is 2.76. The van der Waals surface area contributed by atoms with Gasteiger partial charge in [0.05, 0.1) is 10.6 Å². The maximum atomic E-state index is 13.2. The molecule has 0 unspecified atom stereocenters. The van der Waals surface area contributed by atoms with Crippen LogP contribution in [0.15, 0.2) is 76.1 Å². The van der Waals surface area contributed by atoms with Gasteiger partial charge in [0.2, 0.25) is 0 Å². The summed E-state index contributed by atoms with van der Waals surface area (Å²) in [5, 5.41) is 8.62. The third-order valence-corrected chi connectivity index (χ3v) is 6.75. The van der Waals surface area contributed by atoms with Gasteiger partial charge in [-0.1, -0.05) is 35.0 Å². The van der Waals surface area contributed by atoms with Gasteiger partial charge in [-0.15, -0.1) is 0 Å². The summed E-state index contributed by atoms with van der Waals surface area (Å²) in [6.07, 6.45) is 2.59. The fourth-order valence-corrected chi connectivity index (χ4v) is 4.86. The number of aromatic nitrogens is 1. The maximum absolute atomic E-state index is 13.2. The Morgan fingerprint density at radius 1 is 1.00 bits per heavy atom. The first-order chi connectivity index (χ1) is 15.9. The van der Waals surface area contributed by atoms with E-state index in [0.29, 0.717) is 22.8 Å².